The van der Waals surface area contributed by atoms with Crippen molar-refractivity contribution in [1.29, 1.82) is 0 Å². The average Bonchev–Trinajstić information content (AvgIpc) is 2.86. The second kappa shape index (κ2) is 4.99. The fourth-order valence-corrected chi connectivity index (χ4v) is 2.92. The summed E-state index contributed by atoms with van der Waals surface area (Å²) in [5, 5.41) is 7.22. The molecule has 86 valence electrons. The van der Waals surface area contributed by atoms with Gasteiger partial charge in [-0.3, -0.25) is 0 Å². The lowest BCUT2D eigenvalue weighted by Gasteiger charge is -2.07. The highest BCUT2D eigenvalue weighted by atomic mass is 32.1. The Morgan fingerprint density at radius 3 is 2.94 bits per heavy atom. The molecule has 0 aliphatic heterocycles. The van der Waals surface area contributed by atoms with Crippen LogP contribution in [0.25, 0.3) is 0 Å². The fraction of sp³-hybridized carbons (Fsp3) is 0.500. The molecule has 16 heavy (non-hydrogen) atoms. The van der Waals surface area contributed by atoms with E-state index in [-0.39, 0.29) is 6.04 Å². The third kappa shape index (κ3) is 2.45. The molecule has 1 atom stereocenters. The van der Waals surface area contributed by atoms with Crippen LogP contribution in [0, 0.1) is 6.92 Å². The Balaban J connectivity index is 2.11. The number of hydrogen-bond acceptors (Lipinski definition) is 6. The van der Waals surface area contributed by atoms with Crippen LogP contribution in [0.2, 0.25) is 0 Å². The third-order valence-electron chi connectivity index (χ3n) is 2.35. The highest BCUT2D eigenvalue weighted by molar-refractivity contribution is 7.09. The van der Waals surface area contributed by atoms with Gasteiger partial charge in [0.25, 0.3) is 0 Å². The van der Waals surface area contributed by atoms with Crippen molar-refractivity contribution in [2.45, 2.75) is 32.7 Å². The Hall–Kier alpha value is -0.850. The molecule has 0 aliphatic rings. The van der Waals surface area contributed by atoms with E-state index in [2.05, 4.69) is 26.9 Å². The Bertz CT molecular complexity index is 463. The SMILES string of the molecule is CCc1nnsc1C(N)Cc1csc(C)n1. The van der Waals surface area contributed by atoms with Gasteiger partial charge in [-0.2, -0.15) is 0 Å². The van der Waals surface area contributed by atoms with Crippen molar-refractivity contribution in [3.63, 3.8) is 0 Å². The molecule has 2 aromatic heterocycles. The summed E-state index contributed by atoms with van der Waals surface area (Å²) in [5.74, 6) is 0. The Morgan fingerprint density at radius 2 is 2.31 bits per heavy atom. The maximum absolute atomic E-state index is 6.15. The molecule has 0 bridgehead atoms. The van der Waals surface area contributed by atoms with Gasteiger partial charge in [0.05, 0.1) is 21.3 Å². The van der Waals surface area contributed by atoms with Crippen LogP contribution < -0.4 is 5.73 Å². The van der Waals surface area contributed by atoms with E-state index in [9.17, 15) is 0 Å². The molecule has 0 aromatic carbocycles. The van der Waals surface area contributed by atoms with Gasteiger partial charge in [-0.05, 0) is 24.9 Å². The number of hydrogen-bond donors (Lipinski definition) is 1. The molecule has 0 spiro atoms. The van der Waals surface area contributed by atoms with Gasteiger partial charge >= 0.3 is 0 Å². The first-order chi connectivity index (χ1) is 7.70. The minimum absolute atomic E-state index is 0.0311. The lowest BCUT2D eigenvalue weighted by atomic mass is 10.1. The third-order valence-corrected chi connectivity index (χ3v) is 4.07. The van der Waals surface area contributed by atoms with Crippen LogP contribution in [0.1, 0.15) is 34.2 Å². The number of nitrogens with zero attached hydrogens (tertiary/aromatic N) is 3. The molecule has 2 N–H and O–H groups in total. The Labute approximate surface area is 103 Å². The van der Waals surface area contributed by atoms with E-state index >= 15 is 0 Å². The molecule has 0 aliphatic carbocycles. The molecule has 2 rings (SSSR count). The van der Waals surface area contributed by atoms with E-state index in [0.717, 1.165) is 34.1 Å². The maximum Gasteiger partial charge on any atom is 0.0897 e. The minimum Gasteiger partial charge on any atom is -0.323 e. The van der Waals surface area contributed by atoms with Crippen molar-refractivity contribution in [2.24, 2.45) is 5.73 Å². The normalized spacial score (nSPS) is 12.9. The quantitative estimate of drug-likeness (QED) is 0.907. The fourth-order valence-electron chi connectivity index (χ4n) is 1.56. The van der Waals surface area contributed by atoms with Crippen molar-refractivity contribution >= 4 is 22.9 Å². The van der Waals surface area contributed by atoms with Crippen LogP contribution in [0.15, 0.2) is 5.38 Å². The molecule has 6 heteroatoms. The van der Waals surface area contributed by atoms with Crippen molar-refractivity contribution in [3.8, 4) is 0 Å². The first-order valence-corrected chi connectivity index (χ1v) is 6.83. The summed E-state index contributed by atoms with van der Waals surface area (Å²) in [5.41, 5.74) is 8.23. The number of aromatic nitrogens is 3. The van der Waals surface area contributed by atoms with Crippen LogP contribution in [0.3, 0.4) is 0 Å². The second-order valence-electron chi connectivity index (χ2n) is 3.61. The zero-order valence-electron chi connectivity index (χ0n) is 9.30. The molecule has 4 nitrogen and oxygen atoms in total. The van der Waals surface area contributed by atoms with Gasteiger partial charge in [0, 0.05) is 17.8 Å². The molecule has 0 amide bonds. The summed E-state index contributed by atoms with van der Waals surface area (Å²) < 4.78 is 3.95. The maximum atomic E-state index is 6.15. The van der Waals surface area contributed by atoms with Crippen LogP contribution in [-0.2, 0) is 12.8 Å². The van der Waals surface area contributed by atoms with Gasteiger partial charge in [0.15, 0.2) is 0 Å². The predicted octanol–water partition coefficient (Wildman–Crippen LogP) is 2.11. The van der Waals surface area contributed by atoms with Crippen molar-refractivity contribution in [1.82, 2.24) is 14.6 Å². The van der Waals surface area contributed by atoms with Gasteiger partial charge in [-0.15, -0.1) is 16.4 Å². The molecular formula is C10H14N4S2. The zero-order valence-corrected chi connectivity index (χ0v) is 10.9. The van der Waals surface area contributed by atoms with Gasteiger partial charge in [-0.1, -0.05) is 11.4 Å². The second-order valence-corrected chi connectivity index (χ2v) is 5.45. The van der Waals surface area contributed by atoms with Gasteiger partial charge < -0.3 is 5.73 Å². The minimum atomic E-state index is -0.0311. The summed E-state index contributed by atoms with van der Waals surface area (Å²) in [6, 6.07) is -0.0311. The predicted molar refractivity (Wildman–Crippen MR) is 66.8 cm³/mol. The number of rotatable bonds is 4. The van der Waals surface area contributed by atoms with Gasteiger partial charge in [0.2, 0.25) is 0 Å². The lowest BCUT2D eigenvalue weighted by molar-refractivity contribution is 0.709. The zero-order chi connectivity index (χ0) is 11.5. The smallest absolute Gasteiger partial charge is 0.0897 e. The Morgan fingerprint density at radius 1 is 1.50 bits per heavy atom. The first kappa shape index (κ1) is 11.6. The monoisotopic (exact) mass is 254 g/mol. The van der Waals surface area contributed by atoms with Crippen LogP contribution in [0.5, 0.6) is 0 Å². The molecular weight excluding hydrogens is 240 g/mol. The molecule has 0 radical (unpaired) electrons. The van der Waals surface area contributed by atoms with Gasteiger partial charge in [-0.25, -0.2) is 4.98 Å². The number of thiazole rings is 1. The molecule has 0 fully saturated rings. The van der Waals surface area contributed by atoms with Crippen molar-refractivity contribution in [3.05, 3.63) is 26.7 Å². The molecule has 2 heterocycles. The summed E-state index contributed by atoms with van der Waals surface area (Å²) in [4.78, 5) is 5.51. The molecule has 0 saturated heterocycles. The summed E-state index contributed by atoms with van der Waals surface area (Å²) in [7, 11) is 0. The van der Waals surface area contributed by atoms with E-state index < -0.39 is 0 Å². The van der Waals surface area contributed by atoms with Crippen LogP contribution in [0.4, 0.5) is 0 Å². The van der Waals surface area contributed by atoms with Crippen LogP contribution in [-0.4, -0.2) is 14.6 Å². The largest absolute Gasteiger partial charge is 0.323 e. The van der Waals surface area contributed by atoms with E-state index in [4.69, 9.17) is 5.73 Å². The standard InChI is InChI=1S/C10H14N4S2/c1-3-9-10(16-14-13-9)8(11)4-7-5-15-6(2)12-7/h5,8H,3-4,11H2,1-2H3. The van der Waals surface area contributed by atoms with E-state index in [1.54, 1.807) is 11.3 Å². The van der Waals surface area contributed by atoms with E-state index in [1.165, 1.54) is 11.5 Å². The summed E-state index contributed by atoms with van der Waals surface area (Å²) in [6.07, 6.45) is 1.65. The molecule has 2 aromatic rings. The number of aryl methyl sites for hydroxylation is 2. The Kier molecular flexibility index (Phi) is 3.63. The van der Waals surface area contributed by atoms with Crippen molar-refractivity contribution in [2.75, 3.05) is 0 Å². The summed E-state index contributed by atoms with van der Waals surface area (Å²) >= 11 is 3.06. The number of nitrogens with two attached hydrogens (primary N) is 1. The highest BCUT2D eigenvalue weighted by Gasteiger charge is 2.16. The van der Waals surface area contributed by atoms with E-state index in [0.29, 0.717) is 0 Å². The van der Waals surface area contributed by atoms with Crippen LogP contribution >= 0.6 is 22.9 Å². The first-order valence-electron chi connectivity index (χ1n) is 5.18. The van der Waals surface area contributed by atoms with Crippen molar-refractivity contribution < 1.29 is 0 Å². The topological polar surface area (TPSA) is 64.7 Å². The van der Waals surface area contributed by atoms with Gasteiger partial charge in [0.1, 0.15) is 0 Å². The van der Waals surface area contributed by atoms with E-state index in [1.807, 2.05) is 6.92 Å². The lowest BCUT2D eigenvalue weighted by Crippen LogP contribution is -2.14. The highest BCUT2D eigenvalue weighted by Crippen LogP contribution is 2.22. The summed E-state index contributed by atoms with van der Waals surface area (Å²) in [6.45, 7) is 4.07. The molecule has 0 saturated carbocycles. The molecule has 1 unspecified atom stereocenters. The average molecular weight is 254 g/mol.